The molecule has 0 aliphatic carbocycles. The van der Waals surface area contributed by atoms with Crippen molar-refractivity contribution in [1.29, 1.82) is 0 Å². The summed E-state index contributed by atoms with van der Waals surface area (Å²) < 4.78 is 0. The lowest BCUT2D eigenvalue weighted by molar-refractivity contribution is -0.119. The predicted octanol–water partition coefficient (Wildman–Crippen LogP) is 2.74. The van der Waals surface area contributed by atoms with Gasteiger partial charge < -0.3 is 0 Å². The summed E-state index contributed by atoms with van der Waals surface area (Å²) in [5.41, 5.74) is 2.95. The number of carbonyl (C=O) groups is 1. The molecule has 0 N–H and O–H groups in total. The molecular formula is C13H16N2O. The van der Waals surface area contributed by atoms with Crippen LogP contribution in [0.4, 0.5) is 5.69 Å². The van der Waals surface area contributed by atoms with Crippen LogP contribution in [0.3, 0.4) is 0 Å². The lowest BCUT2D eigenvalue weighted by atomic mass is 10.0. The van der Waals surface area contributed by atoms with Gasteiger partial charge in [0.05, 0.1) is 11.6 Å². The Bertz CT molecular complexity index is 434. The first kappa shape index (κ1) is 10.9. The Labute approximate surface area is 95.8 Å². The maximum atomic E-state index is 12.0. The molecule has 0 bridgehead atoms. The maximum absolute atomic E-state index is 12.0. The molecule has 0 fully saturated rings. The van der Waals surface area contributed by atoms with Crippen molar-refractivity contribution in [2.75, 3.05) is 5.01 Å². The Morgan fingerprint density at radius 3 is 2.38 bits per heavy atom. The summed E-state index contributed by atoms with van der Waals surface area (Å²) in [5, 5.41) is 5.84. The van der Waals surface area contributed by atoms with Crippen molar-refractivity contribution >= 4 is 17.3 Å². The summed E-state index contributed by atoms with van der Waals surface area (Å²) >= 11 is 0. The summed E-state index contributed by atoms with van der Waals surface area (Å²) in [6.07, 6.45) is 0.816. The van der Waals surface area contributed by atoms with Gasteiger partial charge >= 0.3 is 0 Å². The van der Waals surface area contributed by atoms with E-state index in [1.54, 1.807) is 0 Å². The van der Waals surface area contributed by atoms with Gasteiger partial charge in [0.1, 0.15) is 0 Å². The first-order chi connectivity index (χ1) is 7.63. The number of nitrogens with zero attached hydrogens (tertiary/aromatic N) is 2. The highest BCUT2D eigenvalue weighted by atomic mass is 16.2. The topological polar surface area (TPSA) is 32.7 Å². The molecule has 0 radical (unpaired) electrons. The van der Waals surface area contributed by atoms with E-state index in [0.717, 1.165) is 17.8 Å². The Kier molecular flexibility index (Phi) is 2.77. The molecule has 0 saturated carbocycles. The standard InChI is InChI=1S/C13H16N2O/c1-4-12-10(3)14-15(13(12)16)11-7-5-9(2)6-8-11/h5-8,12H,4H2,1-3H3. The SMILES string of the molecule is CCC1C(=O)N(c2ccc(C)cc2)N=C1C. The third-order valence-corrected chi connectivity index (χ3v) is 2.96. The molecule has 1 aliphatic rings. The normalized spacial score (nSPS) is 20.2. The average molecular weight is 216 g/mol. The van der Waals surface area contributed by atoms with Crippen LogP contribution in [0.1, 0.15) is 25.8 Å². The van der Waals surface area contributed by atoms with E-state index in [-0.39, 0.29) is 11.8 Å². The molecule has 0 saturated heterocycles. The minimum atomic E-state index is -0.0405. The summed E-state index contributed by atoms with van der Waals surface area (Å²) in [5.74, 6) is 0.0464. The molecule has 1 unspecified atom stereocenters. The second kappa shape index (κ2) is 4.08. The highest BCUT2D eigenvalue weighted by molar-refractivity contribution is 6.14. The van der Waals surface area contributed by atoms with Crippen LogP contribution in [0, 0.1) is 12.8 Å². The van der Waals surface area contributed by atoms with Gasteiger partial charge in [-0.1, -0.05) is 24.6 Å². The quantitative estimate of drug-likeness (QED) is 0.748. The van der Waals surface area contributed by atoms with Crippen LogP contribution < -0.4 is 5.01 Å². The number of amides is 1. The summed E-state index contributed by atoms with van der Waals surface area (Å²) in [7, 11) is 0. The highest BCUT2D eigenvalue weighted by Gasteiger charge is 2.32. The van der Waals surface area contributed by atoms with Gasteiger partial charge in [-0.25, -0.2) is 5.01 Å². The fourth-order valence-electron chi connectivity index (χ4n) is 1.94. The Hall–Kier alpha value is -1.64. The molecule has 84 valence electrons. The molecule has 1 amide bonds. The van der Waals surface area contributed by atoms with Gasteiger partial charge in [-0.2, -0.15) is 5.10 Å². The Balaban J connectivity index is 2.30. The number of hydrazone groups is 1. The average Bonchev–Trinajstić information content (AvgIpc) is 2.55. The number of aryl methyl sites for hydroxylation is 1. The van der Waals surface area contributed by atoms with Gasteiger partial charge in [-0.3, -0.25) is 4.79 Å². The van der Waals surface area contributed by atoms with Crippen LogP contribution in [-0.2, 0) is 4.79 Å². The highest BCUT2D eigenvalue weighted by Crippen LogP contribution is 2.25. The van der Waals surface area contributed by atoms with Crippen LogP contribution in [-0.4, -0.2) is 11.6 Å². The molecule has 1 aromatic carbocycles. The largest absolute Gasteiger partial charge is 0.272 e. The monoisotopic (exact) mass is 216 g/mol. The third-order valence-electron chi connectivity index (χ3n) is 2.96. The van der Waals surface area contributed by atoms with E-state index in [1.807, 2.05) is 45.0 Å². The van der Waals surface area contributed by atoms with E-state index in [0.29, 0.717) is 0 Å². The van der Waals surface area contributed by atoms with Gasteiger partial charge in [0.15, 0.2) is 0 Å². The molecule has 0 aromatic heterocycles. The van der Waals surface area contributed by atoms with Crippen molar-refractivity contribution in [3.05, 3.63) is 29.8 Å². The maximum Gasteiger partial charge on any atom is 0.256 e. The van der Waals surface area contributed by atoms with Gasteiger partial charge in [0.2, 0.25) is 0 Å². The molecule has 3 heteroatoms. The summed E-state index contributed by atoms with van der Waals surface area (Å²) in [6.45, 7) is 5.96. The fourth-order valence-corrected chi connectivity index (χ4v) is 1.94. The summed E-state index contributed by atoms with van der Waals surface area (Å²) in [6, 6.07) is 7.85. The summed E-state index contributed by atoms with van der Waals surface area (Å²) in [4.78, 5) is 12.0. The van der Waals surface area contributed by atoms with Gasteiger partial charge in [-0.15, -0.1) is 0 Å². The molecule has 1 atom stereocenters. The van der Waals surface area contributed by atoms with E-state index in [4.69, 9.17) is 0 Å². The number of hydrogen-bond donors (Lipinski definition) is 0. The fraction of sp³-hybridized carbons (Fsp3) is 0.385. The molecule has 16 heavy (non-hydrogen) atoms. The van der Waals surface area contributed by atoms with Crippen molar-refractivity contribution < 1.29 is 4.79 Å². The number of carbonyl (C=O) groups excluding carboxylic acids is 1. The van der Waals surface area contributed by atoms with Crippen LogP contribution in [0.25, 0.3) is 0 Å². The molecule has 0 spiro atoms. The van der Waals surface area contributed by atoms with E-state index < -0.39 is 0 Å². The number of rotatable bonds is 2. The van der Waals surface area contributed by atoms with E-state index in [1.165, 1.54) is 10.6 Å². The number of anilines is 1. The number of benzene rings is 1. The first-order valence-corrected chi connectivity index (χ1v) is 5.59. The van der Waals surface area contributed by atoms with E-state index in [2.05, 4.69) is 5.10 Å². The van der Waals surface area contributed by atoms with Crippen molar-refractivity contribution in [2.24, 2.45) is 11.0 Å². The van der Waals surface area contributed by atoms with Crippen LogP contribution in [0.15, 0.2) is 29.4 Å². The van der Waals surface area contributed by atoms with E-state index in [9.17, 15) is 4.79 Å². The predicted molar refractivity (Wildman–Crippen MR) is 65.6 cm³/mol. The molecule has 2 rings (SSSR count). The lowest BCUT2D eigenvalue weighted by Gasteiger charge is -2.13. The van der Waals surface area contributed by atoms with Crippen molar-refractivity contribution in [3.63, 3.8) is 0 Å². The molecular weight excluding hydrogens is 200 g/mol. The van der Waals surface area contributed by atoms with Crippen LogP contribution in [0.5, 0.6) is 0 Å². The zero-order valence-corrected chi connectivity index (χ0v) is 9.90. The zero-order chi connectivity index (χ0) is 11.7. The van der Waals surface area contributed by atoms with Gasteiger partial charge in [0, 0.05) is 5.71 Å². The van der Waals surface area contributed by atoms with Crippen molar-refractivity contribution in [2.45, 2.75) is 27.2 Å². The Morgan fingerprint density at radius 1 is 1.25 bits per heavy atom. The van der Waals surface area contributed by atoms with Gasteiger partial charge in [-0.05, 0) is 32.4 Å². The molecule has 1 aromatic rings. The lowest BCUT2D eigenvalue weighted by Crippen LogP contribution is -2.26. The third kappa shape index (κ3) is 1.73. The molecule has 1 aliphatic heterocycles. The minimum Gasteiger partial charge on any atom is -0.272 e. The minimum absolute atomic E-state index is 0.0405. The second-order valence-electron chi connectivity index (χ2n) is 4.19. The smallest absolute Gasteiger partial charge is 0.256 e. The first-order valence-electron chi connectivity index (χ1n) is 5.59. The number of hydrogen-bond acceptors (Lipinski definition) is 2. The van der Waals surface area contributed by atoms with E-state index >= 15 is 0 Å². The van der Waals surface area contributed by atoms with Crippen molar-refractivity contribution in [1.82, 2.24) is 0 Å². The molecule has 1 heterocycles. The molecule has 3 nitrogen and oxygen atoms in total. The van der Waals surface area contributed by atoms with Crippen molar-refractivity contribution in [3.8, 4) is 0 Å². The zero-order valence-electron chi connectivity index (χ0n) is 9.90. The van der Waals surface area contributed by atoms with Crippen LogP contribution >= 0.6 is 0 Å². The van der Waals surface area contributed by atoms with Crippen LogP contribution in [0.2, 0.25) is 0 Å². The second-order valence-corrected chi connectivity index (χ2v) is 4.19. The van der Waals surface area contributed by atoms with Gasteiger partial charge in [0.25, 0.3) is 5.91 Å². The Morgan fingerprint density at radius 2 is 1.88 bits per heavy atom.